The molecule has 1 heterocycles. The molecule has 0 aromatic heterocycles. The summed E-state index contributed by atoms with van der Waals surface area (Å²) in [7, 11) is 1.71. The fourth-order valence-corrected chi connectivity index (χ4v) is 1.96. The SMILES string of the molecule is CN(CC1(O)CCOCC1)C(=O)CC(C)(C)N. The minimum absolute atomic E-state index is 0.0302. The van der Waals surface area contributed by atoms with Crippen LogP contribution in [0.25, 0.3) is 0 Å². The molecule has 0 spiro atoms. The van der Waals surface area contributed by atoms with Crippen LogP contribution in [0.1, 0.15) is 33.1 Å². The average molecular weight is 244 g/mol. The van der Waals surface area contributed by atoms with Gasteiger partial charge in [-0.25, -0.2) is 0 Å². The molecule has 5 nitrogen and oxygen atoms in total. The van der Waals surface area contributed by atoms with E-state index in [2.05, 4.69) is 0 Å². The van der Waals surface area contributed by atoms with Gasteiger partial charge in [0.15, 0.2) is 0 Å². The molecule has 1 rings (SSSR count). The number of hydrogen-bond donors (Lipinski definition) is 2. The summed E-state index contributed by atoms with van der Waals surface area (Å²) in [5.74, 6) is -0.0302. The lowest BCUT2D eigenvalue weighted by atomic mass is 9.93. The van der Waals surface area contributed by atoms with Gasteiger partial charge in [0, 0.05) is 51.6 Å². The maximum atomic E-state index is 11.9. The zero-order chi connectivity index (χ0) is 13.1. The van der Waals surface area contributed by atoms with Crippen molar-refractivity contribution in [3.05, 3.63) is 0 Å². The van der Waals surface area contributed by atoms with E-state index in [0.717, 1.165) is 0 Å². The highest BCUT2D eigenvalue weighted by Crippen LogP contribution is 2.21. The fourth-order valence-electron chi connectivity index (χ4n) is 1.96. The van der Waals surface area contributed by atoms with Gasteiger partial charge in [0.1, 0.15) is 0 Å². The molecule has 1 saturated heterocycles. The molecule has 0 saturated carbocycles. The fraction of sp³-hybridized carbons (Fsp3) is 0.917. The van der Waals surface area contributed by atoms with E-state index in [1.165, 1.54) is 0 Å². The summed E-state index contributed by atoms with van der Waals surface area (Å²) in [6.07, 6.45) is 1.45. The first-order valence-electron chi connectivity index (χ1n) is 6.05. The van der Waals surface area contributed by atoms with Crippen LogP contribution in [0.15, 0.2) is 0 Å². The molecule has 0 bridgehead atoms. The summed E-state index contributed by atoms with van der Waals surface area (Å²) in [6.45, 7) is 5.11. The third kappa shape index (κ3) is 5.02. The van der Waals surface area contributed by atoms with Crippen molar-refractivity contribution in [2.24, 2.45) is 5.73 Å². The van der Waals surface area contributed by atoms with Crippen LogP contribution < -0.4 is 5.73 Å². The van der Waals surface area contributed by atoms with E-state index in [4.69, 9.17) is 10.5 Å². The Morgan fingerprint density at radius 1 is 1.47 bits per heavy atom. The molecular formula is C12H24N2O3. The second kappa shape index (κ2) is 5.33. The van der Waals surface area contributed by atoms with Gasteiger partial charge >= 0.3 is 0 Å². The van der Waals surface area contributed by atoms with Crippen molar-refractivity contribution in [2.45, 2.75) is 44.2 Å². The van der Waals surface area contributed by atoms with Crippen LogP contribution >= 0.6 is 0 Å². The van der Waals surface area contributed by atoms with Gasteiger partial charge in [0.25, 0.3) is 0 Å². The van der Waals surface area contributed by atoms with Gasteiger partial charge in [0.05, 0.1) is 5.60 Å². The Bertz CT molecular complexity index is 267. The number of aliphatic hydroxyl groups is 1. The summed E-state index contributed by atoms with van der Waals surface area (Å²) < 4.78 is 5.20. The van der Waals surface area contributed by atoms with E-state index in [9.17, 15) is 9.90 Å². The largest absolute Gasteiger partial charge is 0.388 e. The Morgan fingerprint density at radius 2 is 2.00 bits per heavy atom. The van der Waals surface area contributed by atoms with Crippen molar-refractivity contribution in [3.63, 3.8) is 0 Å². The second-order valence-electron chi connectivity index (χ2n) is 5.75. The molecule has 1 aliphatic rings. The number of carbonyl (C=O) groups excluding carboxylic acids is 1. The van der Waals surface area contributed by atoms with E-state index in [-0.39, 0.29) is 12.3 Å². The van der Waals surface area contributed by atoms with E-state index in [1.807, 2.05) is 13.8 Å². The molecule has 0 atom stereocenters. The van der Waals surface area contributed by atoms with E-state index >= 15 is 0 Å². The third-order valence-electron chi connectivity index (χ3n) is 2.99. The lowest BCUT2D eigenvalue weighted by Gasteiger charge is -2.36. The predicted molar refractivity (Wildman–Crippen MR) is 65.5 cm³/mol. The molecule has 5 heteroatoms. The van der Waals surface area contributed by atoms with Gasteiger partial charge in [-0.3, -0.25) is 4.79 Å². The molecule has 0 aromatic rings. The Hall–Kier alpha value is -0.650. The van der Waals surface area contributed by atoms with Crippen molar-refractivity contribution < 1.29 is 14.6 Å². The van der Waals surface area contributed by atoms with Crippen LogP contribution in [0, 0.1) is 0 Å². The van der Waals surface area contributed by atoms with Gasteiger partial charge in [0.2, 0.25) is 5.91 Å². The minimum Gasteiger partial charge on any atom is -0.388 e. The first kappa shape index (κ1) is 14.4. The predicted octanol–water partition coefficient (Wildman–Crippen LogP) is 0.114. The lowest BCUT2D eigenvalue weighted by molar-refractivity contribution is -0.137. The first-order chi connectivity index (χ1) is 7.72. The molecule has 3 N–H and O–H groups in total. The molecule has 1 fully saturated rings. The van der Waals surface area contributed by atoms with Crippen molar-refractivity contribution in [2.75, 3.05) is 26.8 Å². The number of likely N-dealkylation sites (N-methyl/N-ethyl adjacent to an activating group) is 1. The topological polar surface area (TPSA) is 75.8 Å². The third-order valence-corrected chi connectivity index (χ3v) is 2.99. The zero-order valence-corrected chi connectivity index (χ0v) is 11.0. The van der Waals surface area contributed by atoms with Crippen LogP contribution in [-0.2, 0) is 9.53 Å². The van der Waals surface area contributed by atoms with Crippen LogP contribution in [0.4, 0.5) is 0 Å². The Kier molecular flexibility index (Phi) is 4.52. The highest BCUT2D eigenvalue weighted by molar-refractivity contribution is 5.77. The van der Waals surface area contributed by atoms with Gasteiger partial charge in [-0.2, -0.15) is 0 Å². The summed E-state index contributed by atoms with van der Waals surface area (Å²) >= 11 is 0. The average Bonchev–Trinajstić information content (AvgIpc) is 2.15. The highest BCUT2D eigenvalue weighted by Gasteiger charge is 2.33. The number of carbonyl (C=O) groups is 1. The quantitative estimate of drug-likeness (QED) is 0.736. The number of rotatable bonds is 4. The summed E-state index contributed by atoms with van der Waals surface area (Å²) in [6, 6.07) is 0. The van der Waals surface area contributed by atoms with Gasteiger partial charge in [-0.15, -0.1) is 0 Å². The smallest absolute Gasteiger partial charge is 0.224 e. The molecule has 0 aromatic carbocycles. The molecule has 17 heavy (non-hydrogen) atoms. The Balaban J connectivity index is 2.47. The monoisotopic (exact) mass is 244 g/mol. The highest BCUT2D eigenvalue weighted by atomic mass is 16.5. The maximum Gasteiger partial charge on any atom is 0.224 e. The standard InChI is InChI=1S/C12H24N2O3/c1-11(2,13)8-10(15)14(3)9-12(16)4-6-17-7-5-12/h16H,4-9,13H2,1-3H3. The van der Waals surface area contributed by atoms with E-state index < -0.39 is 11.1 Å². The molecule has 0 aliphatic carbocycles. The number of nitrogens with two attached hydrogens (primary N) is 1. The molecule has 0 radical (unpaired) electrons. The Morgan fingerprint density at radius 3 is 2.47 bits per heavy atom. The number of nitrogens with zero attached hydrogens (tertiary/aromatic N) is 1. The number of ether oxygens (including phenoxy) is 1. The van der Waals surface area contributed by atoms with E-state index in [0.29, 0.717) is 32.6 Å². The Labute approximate surface area is 103 Å². The van der Waals surface area contributed by atoms with Gasteiger partial charge in [-0.1, -0.05) is 0 Å². The first-order valence-corrected chi connectivity index (χ1v) is 6.05. The van der Waals surface area contributed by atoms with E-state index in [1.54, 1.807) is 11.9 Å². The van der Waals surface area contributed by atoms with Crippen molar-refractivity contribution in [1.29, 1.82) is 0 Å². The molecule has 1 amide bonds. The number of hydrogen-bond acceptors (Lipinski definition) is 4. The number of amides is 1. The summed E-state index contributed by atoms with van der Waals surface area (Å²) in [5, 5.41) is 10.3. The zero-order valence-electron chi connectivity index (χ0n) is 11.0. The molecule has 0 unspecified atom stereocenters. The van der Waals surface area contributed by atoms with Crippen molar-refractivity contribution >= 4 is 5.91 Å². The molecule has 100 valence electrons. The molecular weight excluding hydrogens is 220 g/mol. The molecule has 1 aliphatic heterocycles. The van der Waals surface area contributed by atoms with Crippen LogP contribution in [-0.4, -0.2) is 53.9 Å². The van der Waals surface area contributed by atoms with Crippen molar-refractivity contribution in [3.8, 4) is 0 Å². The lowest BCUT2D eigenvalue weighted by Crippen LogP contribution is -2.49. The van der Waals surface area contributed by atoms with Crippen LogP contribution in [0.3, 0.4) is 0 Å². The minimum atomic E-state index is -0.804. The van der Waals surface area contributed by atoms with Gasteiger partial charge < -0.3 is 20.5 Å². The second-order valence-corrected chi connectivity index (χ2v) is 5.75. The van der Waals surface area contributed by atoms with Crippen molar-refractivity contribution in [1.82, 2.24) is 4.90 Å². The maximum absolute atomic E-state index is 11.9. The van der Waals surface area contributed by atoms with Crippen LogP contribution in [0.2, 0.25) is 0 Å². The van der Waals surface area contributed by atoms with Gasteiger partial charge in [-0.05, 0) is 13.8 Å². The summed E-state index contributed by atoms with van der Waals surface area (Å²) in [5.41, 5.74) is 4.50. The normalized spacial score (nSPS) is 20.1. The van der Waals surface area contributed by atoms with Crippen LogP contribution in [0.5, 0.6) is 0 Å². The summed E-state index contributed by atoms with van der Waals surface area (Å²) in [4.78, 5) is 13.4.